The molecule has 3 heteroatoms. The Morgan fingerprint density at radius 1 is 1.56 bits per heavy atom. The van der Waals surface area contributed by atoms with Crippen LogP contribution in [0.1, 0.15) is 51.2 Å². The quantitative estimate of drug-likeness (QED) is 0.837. The molecule has 1 fully saturated rings. The van der Waals surface area contributed by atoms with Crippen molar-refractivity contribution in [3.63, 3.8) is 0 Å². The number of nitrogens with zero attached hydrogens (tertiary/aromatic N) is 2. The minimum Gasteiger partial charge on any atom is -0.388 e. The molecule has 1 N–H and O–H groups in total. The van der Waals surface area contributed by atoms with Crippen molar-refractivity contribution in [3.8, 4) is 6.07 Å². The molecule has 1 atom stereocenters. The molecule has 1 saturated carbocycles. The van der Waals surface area contributed by atoms with E-state index in [1.54, 1.807) is 0 Å². The van der Waals surface area contributed by atoms with E-state index in [0.717, 1.165) is 37.8 Å². The number of rotatable bonds is 6. The van der Waals surface area contributed by atoms with Gasteiger partial charge in [-0.05, 0) is 57.1 Å². The minimum atomic E-state index is -0.276. The van der Waals surface area contributed by atoms with Crippen LogP contribution in [0, 0.1) is 22.7 Å². The monoisotopic (exact) mass is 246 g/mol. The molecule has 2 rings (SSSR count). The zero-order valence-electron chi connectivity index (χ0n) is 11.3. The second-order valence-corrected chi connectivity index (χ2v) is 6.06. The highest BCUT2D eigenvalue weighted by atomic mass is 16.3. The Labute approximate surface area is 109 Å². The summed E-state index contributed by atoms with van der Waals surface area (Å²) in [5.74, 6) is 0.485. The normalized spacial score (nSPS) is 17.4. The van der Waals surface area contributed by atoms with Crippen molar-refractivity contribution in [2.75, 3.05) is 0 Å². The smallest absolute Gasteiger partial charge is 0.0832 e. The maximum absolute atomic E-state index is 10.0. The van der Waals surface area contributed by atoms with Gasteiger partial charge in [-0.15, -0.1) is 0 Å². The number of aliphatic hydroxyl groups excluding tert-OH is 1. The molecule has 18 heavy (non-hydrogen) atoms. The van der Waals surface area contributed by atoms with Crippen molar-refractivity contribution in [1.29, 1.82) is 5.26 Å². The lowest BCUT2D eigenvalue weighted by Gasteiger charge is -2.14. The lowest BCUT2D eigenvalue weighted by atomic mass is 9.90. The number of aliphatic hydroxyl groups is 1. The first-order valence-electron chi connectivity index (χ1n) is 6.77. The maximum atomic E-state index is 10.0. The van der Waals surface area contributed by atoms with Crippen molar-refractivity contribution in [1.82, 2.24) is 4.57 Å². The molecule has 3 nitrogen and oxygen atoms in total. The fourth-order valence-electron chi connectivity index (χ4n) is 2.22. The van der Waals surface area contributed by atoms with Crippen LogP contribution in [-0.2, 0) is 6.54 Å². The van der Waals surface area contributed by atoms with Gasteiger partial charge in [0.25, 0.3) is 0 Å². The van der Waals surface area contributed by atoms with E-state index in [2.05, 4.69) is 10.6 Å². The van der Waals surface area contributed by atoms with Crippen LogP contribution < -0.4 is 0 Å². The minimum absolute atomic E-state index is 0.233. The van der Waals surface area contributed by atoms with Gasteiger partial charge in [-0.25, -0.2) is 0 Å². The van der Waals surface area contributed by atoms with Crippen LogP contribution in [0.5, 0.6) is 0 Å². The second kappa shape index (κ2) is 5.16. The van der Waals surface area contributed by atoms with Gasteiger partial charge in [0.1, 0.15) is 0 Å². The van der Waals surface area contributed by atoms with E-state index < -0.39 is 0 Å². The third-order valence-corrected chi connectivity index (χ3v) is 3.70. The van der Waals surface area contributed by atoms with Crippen LogP contribution >= 0.6 is 0 Å². The zero-order chi connectivity index (χ0) is 13.2. The fraction of sp³-hybridized carbons (Fsp3) is 0.667. The van der Waals surface area contributed by atoms with Gasteiger partial charge in [0, 0.05) is 18.9 Å². The van der Waals surface area contributed by atoms with E-state index >= 15 is 0 Å². The Kier molecular flexibility index (Phi) is 3.77. The van der Waals surface area contributed by atoms with Crippen LogP contribution in [0.2, 0.25) is 0 Å². The Bertz CT molecular complexity index is 438. The zero-order valence-corrected chi connectivity index (χ0v) is 11.3. The van der Waals surface area contributed by atoms with Crippen LogP contribution in [0.3, 0.4) is 0 Å². The SMILES string of the molecule is CC(C)(C#N)CCCn1ccc(C(O)C2CC2)c1. The van der Waals surface area contributed by atoms with Crippen molar-refractivity contribution in [2.24, 2.45) is 11.3 Å². The first-order valence-corrected chi connectivity index (χ1v) is 6.77. The predicted molar refractivity (Wildman–Crippen MR) is 70.7 cm³/mol. The van der Waals surface area contributed by atoms with Gasteiger partial charge in [0.05, 0.1) is 17.6 Å². The van der Waals surface area contributed by atoms with Crippen molar-refractivity contribution < 1.29 is 5.11 Å². The molecule has 1 unspecified atom stereocenters. The van der Waals surface area contributed by atoms with Gasteiger partial charge in [0.2, 0.25) is 0 Å². The molecule has 0 radical (unpaired) electrons. The molecular weight excluding hydrogens is 224 g/mol. The molecule has 0 aromatic carbocycles. The van der Waals surface area contributed by atoms with E-state index in [1.807, 2.05) is 32.3 Å². The Hall–Kier alpha value is -1.27. The molecule has 0 spiro atoms. The van der Waals surface area contributed by atoms with Gasteiger partial charge in [-0.2, -0.15) is 5.26 Å². The topological polar surface area (TPSA) is 49.0 Å². The lowest BCUT2D eigenvalue weighted by Crippen LogP contribution is -2.09. The van der Waals surface area contributed by atoms with Gasteiger partial charge < -0.3 is 9.67 Å². The van der Waals surface area contributed by atoms with E-state index in [4.69, 9.17) is 5.26 Å². The molecule has 0 amide bonds. The molecule has 98 valence electrons. The maximum Gasteiger partial charge on any atom is 0.0832 e. The van der Waals surface area contributed by atoms with Crippen LogP contribution in [-0.4, -0.2) is 9.67 Å². The summed E-state index contributed by atoms with van der Waals surface area (Å²) in [4.78, 5) is 0. The van der Waals surface area contributed by atoms with E-state index in [-0.39, 0.29) is 11.5 Å². The summed E-state index contributed by atoms with van der Waals surface area (Å²) in [6.45, 7) is 4.87. The number of aryl methyl sites for hydroxylation is 1. The lowest BCUT2D eigenvalue weighted by molar-refractivity contribution is 0.154. The average Bonchev–Trinajstić information content (AvgIpc) is 3.08. The van der Waals surface area contributed by atoms with Gasteiger partial charge in [-0.1, -0.05) is 0 Å². The first-order chi connectivity index (χ1) is 8.52. The van der Waals surface area contributed by atoms with Crippen LogP contribution in [0.15, 0.2) is 18.5 Å². The number of hydrogen-bond acceptors (Lipinski definition) is 2. The summed E-state index contributed by atoms with van der Waals surface area (Å²) in [6.07, 6.45) is 8.01. The summed E-state index contributed by atoms with van der Waals surface area (Å²) >= 11 is 0. The Morgan fingerprint density at radius 2 is 2.28 bits per heavy atom. The number of aromatic nitrogens is 1. The van der Waals surface area contributed by atoms with Crippen molar-refractivity contribution in [3.05, 3.63) is 24.0 Å². The highest BCUT2D eigenvalue weighted by Crippen LogP contribution is 2.40. The van der Waals surface area contributed by atoms with E-state index in [0.29, 0.717) is 5.92 Å². The molecule has 0 saturated heterocycles. The molecule has 1 aliphatic rings. The first kappa shape index (κ1) is 13.2. The highest BCUT2D eigenvalue weighted by molar-refractivity contribution is 5.16. The predicted octanol–water partition coefficient (Wildman–Crippen LogP) is 3.26. The summed E-state index contributed by atoms with van der Waals surface area (Å²) in [6, 6.07) is 4.34. The summed E-state index contributed by atoms with van der Waals surface area (Å²) < 4.78 is 2.12. The van der Waals surface area contributed by atoms with Gasteiger partial charge >= 0.3 is 0 Å². The molecule has 1 aromatic rings. The third-order valence-electron chi connectivity index (χ3n) is 3.70. The standard InChI is InChI=1S/C15H22N2O/c1-15(2,11-16)7-3-8-17-9-6-13(10-17)14(18)12-4-5-12/h6,9-10,12,14,18H,3-5,7-8H2,1-2H3. The number of nitriles is 1. The molecule has 1 aliphatic carbocycles. The van der Waals surface area contributed by atoms with E-state index in [1.165, 1.54) is 0 Å². The molecule has 0 bridgehead atoms. The van der Waals surface area contributed by atoms with Gasteiger partial charge in [-0.3, -0.25) is 0 Å². The molecular formula is C15H22N2O. The Balaban J connectivity index is 1.82. The molecule has 1 aromatic heterocycles. The summed E-state index contributed by atoms with van der Waals surface area (Å²) in [7, 11) is 0. The number of hydrogen-bond donors (Lipinski definition) is 1. The average molecular weight is 246 g/mol. The summed E-state index contributed by atoms with van der Waals surface area (Å²) in [5.41, 5.74) is 0.806. The fourth-order valence-corrected chi connectivity index (χ4v) is 2.22. The Morgan fingerprint density at radius 3 is 2.89 bits per heavy atom. The van der Waals surface area contributed by atoms with Crippen LogP contribution in [0.4, 0.5) is 0 Å². The van der Waals surface area contributed by atoms with Crippen molar-refractivity contribution in [2.45, 2.75) is 52.2 Å². The molecule has 1 heterocycles. The largest absolute Gasteiger partial charge is 0.388 e. The second-order valence-electron chi connectivity index (χ2n) is 6.06. The third kappa shape index (κ3) is 3.36. The van der Waals surface area contributed by atoms with E-state index in [9.17, 15) is 5.11 Å². The molecule has 0 aliphatic heterocycles. The van der Waals surface area contributed by atoms with Crippen LogP contribution in [0.25, 0.3) is 0 Å². The van der Waals surface area contributed by atoms with Gasteiger partial charge in [0.15, 0.2) is 0 Å². The highest BCUT2D eigenvalue weighted by Gasteiger charge is 2.31. The summed E-state index contributed by atoms with van der Waals surface area (Å²) in [5, 5.41) is 19.0. The van der Waals surface area contributed by atoms with Crippen molar-refractivity contribution >= 4 is 0 Å².